The largest absolute Gasteiger partial charge is 0.392 e. The van der Waals surface area contributed by atoms with Crippen LogP contribution in [0.15, 0.2) is 18.2 Å². The smallest absolute Gasteiger partial charge is 0.0682 e. The lowest BCUT2D eigenvalue weighted by Crippen LogP contribution is -2.20. The summed E-state index contributed by atoms with van der Waals surface area (Å²) in [6.07, 6.45) is 0. The molecule has 0 aromatic heterocycles. The third kappa shape index (κ3) is 1.23. The highest BCUT2D eigenvalue weighted by molar-refractivity contribution is 5.71. The van der Waals surface area contributed by atoms with Gasteiger partial charge in [-0.05, 0) is 17.7 Å². The Morgan fingerprint density at radius 3 is 2.67 bits per heavy atom. The minimum Gasteiger partial charge on any atom is -0.392 e. The topological polar surface area (TPSA) is 44.3 Å². The Morgan fingerprint density at radius 2 is 1.92 bits per heavy atom. The van der Waals surface area contributed by atoms with Crippen molar-refractivity contribution in [3.05, 3.63) is 23.8 Å². The summed E-state index contributed by atoms with van der Waals surface area (Å²) in [5.74, 6) is 0. The van der Waals surface area contributed by atoms with E-state index < -0.39 is 0 Å². The molecule has 3 nitrogen and oxygen atoms in total. The zero-order valence-corrected chi connectivity index (χ0v) is 6.80. The van der Waals surface area contributed by atoms with E-state index in [-0.39, 0.29) is 6.61 Å². The van der Waals surface area contributed by atoms with Crippen molar-refractivity contribution in [3.8, 4) is 0 Å². The fourth-order valence-electron chi connectivity index (χ4n) is 1.38. The van der Waals surface area contributed by atoms with Gasteiger partial charge < -0.3 is 15.7 Å². The fraction of sp³-hybridized carbons (Fsp3) is 0.333. The molecular formula is C9H12N2O. The lowest BCUT2D eigenvalue weighted by Gasteiger charge is -2.20. The first-order chi connectivity index (χ1) is 5.90. The van der Waals surface area contributed by atoms with Crippen molar-refractivity contribution in [3.63, 3.8) is 0 Å². The zero-order valence-electron chi connectivity index (χ0n) is 6.80. The highest BCUT2D eigenvalue weighted by Gasteiger charge is 2.06. The molecule has 1 aromatic rings. The van der Waals surface area contributed by atoms with Crippen LogP contribution in [0.1, 0.15) is 5.56 Å². The highest BCUT2D eigenvalue weighted by Crippen LogP contribution is 2.24. The summed E-state index contributed by atoms with van der Waals surface area (Å²) in [5, 5.41) is 15.4. The van der Waals surface area contributed by atoms with Crippen LogP contribution in [-0.2, 0) is 6.61 Å². The molecule has 12 heavy (non-hydrogen) atoms. The van der Waals surface area contributed by atoms with Gasteiger partial charge in [0.15, 0.2) is 0 Å². The number of anilines is 2. The number of nitrogens with one attached hydrogen (secondary N) is 2. The summed E-state index contributed by atoms with van der Waals surface area (Å²) in [7, 11) is 0. The lowest BCUT2D eigenvalue weighted by molar-refractivity contribution is 0.282. The Balaban J connectivity index is 2.36. The van der Waals surface area contributed by atoms with Crippen molar-refractivity contribution < 1.29 is 5.11 Å². The van der Waals surface area contributed by atoms with E-state index in [1.165, 1.54) is 0 Å². The van der Waals surface area contributed by atoms with Gasteiger partial charge in [-0.15, -0.1) is 0 Å². The minimum absolute atomic E-state index is 0.106. The first-order valence-corrected chi connectivity index (χ1v) is 4.11. The Kier molecular flexibility index (Phi) is 1.87. The Labute approximate surface area is 71.4 Å². The molecule has 0 fully saturated rings. The first kappa shape index (κ1) is 7.43. The monoisotopic (exact) mass is 164 g/mol. The molecule has 3 heteroatoms. The second-order valence-corrected chi connectivity index (χ2v) is 2.89. The first-order valence-electron chi connectivity index (χ1n) is 4.11. The van der Waals surface area contributed by atoms with Gasteiger partial charge in [0, 0.05) is 13.1 Å². The number of benzene rings is 1. The van der Waals surface area contributed by atoms with Crippen LogP contribution < -0.4 is 10.6 Å². The van der Waals surface area contributed by atoms with Gasteiger partial charge in [-0.25, -0.2) is 0 Å². The van der Waals surface area contributed by atoms with Gasteiger partial charge in [0.05, 0.1) is 18.0 Å². The molecule has 1 heterocycles. The Hall–Kier alpha value is -1.22. The lowest BCUT2D eigenvalue weighted by atomic mass is 10.1. The number of aliphatic hydroxyl groups is 1. The number of hydrogen-bond acceptors (Lipinski definition) is 3. The van der Waals surface area contributed by atoms with E-state index in [9.17, 15) is 0 Å². The van der Waals surface area contributed by atoms with Crippen LogP contribution in [0.2, 0.25) is 0 Å². The molecule has 64 valence electrons. The molecule has 0 saturated carbocycles. The van der Waals surface area contributed by atoms with Crippen molar-refractivity contribution in [2.24, 2.45) is 0 Å². The predicted octanol–water partition coefficient (Wildman–Crippen LogP) is 1.02. The van der Waals surface area contributed by atoms with Crippen LogP contribution in [0.3, 0.4) is 0 Å². The molecular weight excluding hydrogens is 152 g/mol. The summed E-state index contributed by atoms with van der Waals surface area (Å²) in [6.45, 7) is 2.02. The maximum Gasteiger partial charge on any atom is 0.0682 e. The summed E-state index contributed by atoms with van der Waals surface area (Å²) >= 11 is 0. The average Bonchev–Trinajstić information content (AvgIpc) is 2.17. The molecule has 0 bridgehead atoms. The fourth-order valence-corrected chi connectivity index (χ4v) is 1.38. The Bertz CT molecular complexity index is 286. The number of rotatable bonds is 1. The maximum absolute atomic E-state index is 8.89. The van der Waals surface area contributed by atoms with Crippen LogP contribution in [-0.4, -0.2) is 18.2 Å². The average molecular weight is 164 g/mol. The van der Waals surface area contributed by atoms with Gasteiger partial charge in [0.1, 0.15) is 0 Å². The van der Waals surface area contributed by atoms with Gasteiger partial charge in [0.25, 0.3) is 0 Å². The molecule has 2 rings (SSSR count). The standard InChI is InChI=1S/C9H12N2O/c12-6-7-1-2-8-9(5-7)11-4-3-10-8/h1-2,5,10-12H,3-4,6H2. The van der Waals surface area contributed by atoms with E-state index in [0.717, 1.165) is 30.0 Å². The third-order valence-electron chi connectivity index (χ3n) is 2.02. The molecule has 0 spiro atoms. The van der Waals surface area contributed by atoms with E-state index >= 15 is 0 Å². The molecule has 0 unspecified atom stereocenters. The van der Waals surface area contributed by atoms with Gasteiger partial charge >= 0.3 is 0 Å². The van der Waals surface area contributed by atoms with Crippen molar-refractivity contribution in [2.75, 3.05) is 23.7 Å². The molecule has 0 radical (unpaired) electrons. The number of hydrogen-bond donors (Lipinski definition) is 3. The normalized spacial score (nSPS) is 14.4. The van der Waals surface area contributed by atoms with Crippen molar-refractivity contribution in [1.29, 1.82) is 0 Å². The highest BCUT2D eigenvalue weighted by atomic mass is 16.3. The van der Waals surface area contributed by atoms with Gasteiger partial charge in [-0.2, -0.15) is 0 Å². The molecule has 0 saturated heterocycles. The zero-order chi connectivity index (χ0) is 8.39. The van der Waals surface area contributed by atoms with Crippen molar-refractivity contribution in [1.82, 2.24) is 0 Å². The SMILES string of the molecule is OCc1ccc2c(c1)NCCN2. The molecule has 0 atom stereocenters. The van der Waals surface area contributed by atoms with Crippen molar-refractivity contribution in [2.45, 2.75) is 6.61 Å². The summed E-state index contributed by atoms with van der Waals surface area (Å²) in [5.41, 5.74) is 3.16. The third-order valence-corrected chi connectivity index (χ3v) is 2.02. The second-order valence-electron chi connectivity index (χ2n) is 2.89. The van der Waals surface area contributed by atoms with Gasteiger partial charge in [-0.1, -0.05) is 6.07 Å². The van der Waals surface area contributed by atoms with E-state index in [4.69, 9.17) is 5.11 Å². The number of aliphatic hydroxyl groups excluding tert-OH is 1. The summed E-state index contributed by atoms with van der Waals surface area (Å²) < 4.78 is 0. The van der Waals surface area contributed by atoms with Crippen molar-refractivity contribution >= 4 is 11.4 Å². The summed E-state index contributed by atoms with van der Waals surface area (Å²) in [4.78, 5) is 0. The quantitative estimate of drug-likeness (QED) is 0.580. The summed E-state index contributed by atoms with van der Waals surface area (Å²) in [6, 6.07) is 5.90. The van der Waals surface area contributed by atoms with E-state index in [2.05, 4.69) is 10.6 Å². The molecule has 3 N–H and O–H groups in total. The maximum atomic E-state index is 8.89. The molecule has 1 aromatic carbocycles. The Morgan fingerprint density at radius 1 is 1.17 bits per heavy atom. The van der Waals surface area contributed by atoms with E-state index in [0.29, 0.717) is 0 Å². The molecule has 1 aliphatic heterocycles. The molecule has 0 aliphatic carbocycles. The number of fused-ring (bicyclic) bond motifs is 1. The van der Waals surface area contributed by atoms with Crippen LogP contribution in [0.4, 0.5) is 11.4 Å². The van der Waals surface area contributed by atoms with Gasteiger partial charge in [-0.3, -0.25) is 0 Å². The van der Waals surface area contributed by atoms with E-state index in [1.54, 1.807) is 0 Å². The van der Waals surface area contributed by atoms with Crippen LogP contribution in [0.25, 0.3) is 0 Å². The van der Waals surface area contributed by atoms with E-state index in [1.807, 2.05) is 18.2 Å². The van der Waals surface area contributed by atoms with Crippen LogP contribution >= 0.6 is 0 Å². The van der Waals surface area contributed by atoms with Crippen LogP contribution in [0, 0.1) is 0 Å². The van der Waals surface area contributed by atoms with Crippen LogP contribution in [0.5, 0.6) is 0 Å². The molecule has 1 aliphatic rings. The minimum atomic E-state index is 0.106. The second kappa shape index (κ2) is 3.03. The molecule has 0 amide bonds. The van der Waals surface area contributed by atoms with Gasteiger partial charge in [0.2, 0.25) is 0 Å². The predicted molar refractivity (Wildman–Crippen MR) is 49.3 cm³/mol.